The van der Waals surface area contributed by atoms with Gasteiger partial charge in [-0.05, 0) is 33.6 Å². The van der Waals surface area contributed by atoms with Gasteiger partial charge in [0.15, 0.2) is 0 Å². The van der Waals surface area contributed by atoms with Crippen molar-refractivity contribution in [2.24, 2.45) is 0 Å². The van der Waals surface area contributed by atoms with Gasteiger partial charge in [-0.2, -0.15) is 5.26 Å². The zero-order valence-corrected chi connectivity index (χ0v) is 10.3. The zero-order chi connectivity index (χ0) is 12.2. The summed E-state index contributed by atoms with van der Waals surface area (Å²) in [7, 11) is 0. The van der Waals surface area contributed by atoms with Crippen LogP contribution in [0.15, 0.2) is 0 Å². The van der Waals surface area contributed by atoms with Crippen LogP contribution in [0.1, 0.15) is 46.5 Å². The average molecular weight is 224 g/mol. The molecule has 0 bridgehead atoms. The zero-order valence-electron chi connectivity index (χ0n) is 10.3. The molecule has 1 aliphatic carbocycles. The molecule has 0 aromatic heterocycles. The van der Waals surface area contributed by atoms with Crippen LogP contribution >= 0.6 is 0 Å². The van der Waals surface area contributed by atoms with E-state index in [9.17, 15) is 4.79 Å². The van der Waals surface area contributed by atoms with Crippen LogP contribution in [-0.2, 0) is 4.74 Å². The number of rotatable bonds is 2. The predicted octanol–water partition coefficient (Wildman–Crippen LogP) is 2.69. The van der Waals surface area contributed by atoms with E-state index in [2.05, 4.69) is 0 Å². The van der Waals surface area contributed by atoms with Gasteiger partial charge in [-0.15, -0.1) is 0 Å². The minimum absolute atomic E-state index is 0.125. The maximum Gasteiger partial charge on any atom is 0.411 e. The predicted molar refractivity (Wildman–Crippen MR) is 60.8 cm³/mol. The third-order valence-corrected chi connectivity index (χ3v) is 2.63. The third kappa shape index (κ3) is 3.73. The number of hydrogen-bond donors (Lipinski definition) is 0. The summed E-state index contributed by atoms with van der Waals surface area (Å²) < 4.78 is 5.30. The van der Waals surface area contributed by atoms with E-state index in [0.717, 1.165) is 25.7 Å². The van der Waals surface area contributed by atoms with Crippen molar-refractivity contribution in [3.8, 4) is 6.07 Å². The van der Waals surface area contributed by atoms with E-state index < -0.39 is 5.60 Å². The minimum atomic E-state index is -0.497. The van der Waals surface area contributed by atoms with Crippen molar-refractivity contribution in [2.75, 3.05) is 6.54 Å². The Labute approximate surface area is 97.2 Å². The highest BCUT2D eigenvalue weighted by molar-refractivity contribution is 5.69. The molecule has 4 nitrogen and oxygen atoms in total. The molecule has 1 aliphatic rings. The number of nitrogens with zero attached hydrogens (tertiary/aromatic N) is 2. The summed E-state index contributed by atoms with van der Waals surface area (Å²) in [6, 6.07) is 2.23. The molecule has 0 saturated heterocycles. The number of carbonyl (C=O) groups is 1. The summed E-state index contributed by atoms with van der Waals surface area (Å²) in [5, 5.41) is 8.74. The van der Waals surface area contributed by atoms with Crippen LogP contribution in [0, 0.1) is 11.3 Å². The summed E-state index contributed by atoms with van der Waals surface area (Å²) in [6.45, 7) is 5.64. The van der Waals surface area contributed by atoms with Crippen molar-refractivity contribution in [1.82, 2.24) is 4.90 Å². The van der Waals surface area contributed by atoms with Crippen LogP contribution in [0.4, 0.5) is 4.79 Å². The van der Waals surface area contributed by atoms with Gasteiger partial charge in [0.05, 0.1) is 6.07 Å². The fourth-order valence-corrected chi connectivity index (χ4v) is 1.96. The third-order valence-electron chi connectivity index (χ3n) is 2.63. The number of carbonyl (C=O) groups excluding carboxylic acids is 1. The van der Waals surface area contributed by atoms with E-state index in [1.807, 2.05) is 26.8 Å². The largest absolute Gasteiger partial charge is 0.444 e. The molecule has 0 heterocycles. The standard InChI is InChI=1S/C12H20N2O2/c1-12(2,3)16-11(15)14(9-8-13)10-6-4-5-7-10/h10H,4-7,9H2,1-3H3. The van der Waals surface area contributed by atoms with Gasteiger partial charge in [0.2, 0.25) is 0 Å². The average Bonchev–Trinajstić information content (AvgIpc) is 2.63. The summed E-state index contributed by atoms with van der Waals surface area (Å²) in [6.07, 6.45) is 3.88. The highest BCUT2D eigenvalue weighted by Crippen LogP contribution is 2.24. The molecule has 1 fully saturated rings. The topological polar surface area (TPSA) is 53.3 Å². The van der Waals surface area contributed by atoms with Gasteiger partial charge in [0, 0.05) is 6.04 Å². The van der Waals surface area contributed by atoms with Gasteiger partial charge in [-0.3, -0.25) is 4.90 Å². The first-order valence-electron chi connectivity index (χ1n) is 5.80. The van der Waals surface area contributed by atoms with Gasteiger partial charge in [-0.1, -0.05) is 12.8 Å². The van der Waals surface area contributed by atoms with Gasteiger partial charge in [-0.25, -0.2) is 4.79 Å². The maximum absolute atomic E-state index is 11.9. The Morgan fingerprint density at radius 1 is 1.44 bits per heavy atom. The molecular weight excluding hydrogens is 204 g/mol. The number of amides is 1. The van der Waals surface area contributed by atoms with Crippen molar-refractivity contribution in [3.05, 3.63) is 0 Å². The first-order chi connectivity index (χ1) is 7.44. The fourth-order valence-electron chi connectivity index (χ4n) is 1.96. The molecule has 0 aromatic carbocycles. The Bertz CT molecular complexity index is 282. The van der Waals surface area contributed by atoms with Crippen LogP contribution in [0.3, 0.4) is 0 Å². The Morgan fingerprint density at radius 3 is 2.44 bits per heavy atom. The molecule has 0 aliphatic heterocycles. The first kappa shape index (κ1) is 12.8. The van der Waals surface area contributed by atoms with Crippen molar-refractivity contribution in [3.63, 3.8) is 0 Å². The van der Waals surface area contributed by atoms with Gasteiger partial charge >= 0.3 is 6.09 Å². The Hall–Kier alpha value is -1.24. The summed E-state index contributed by atoms with van der Waals surface area (Å²) in [5.41, 5.74) is -0.497. The highest BCUT2D eigenvalue weighted by Gasteiger charge is 2.29. The van der Waals surface area contributed by atoms with Crippen molar-refractivity contribution in [2.45, 2.75) is 58.1 Å². The number of nitriles is 1. The second-order valence-electron chi connectivity index (χ2n) is 5.20. The summed E-state index contributed by atoms with van der Waals surface area (Å²) in [4.78, 5) is 13.5. The maximum atomic E-state index is 11.9. The van der Waals surface area contributed by atoms with Crippen molar-refractivity contribution in [1.29, 1.82) is 5.26 Å². The van der Waals surface area contributed by atoms with Gasteiger partial charge in [0.1, 0.15) is 12.1 Å². The van der Waals surface area contributed by atoms with E-state index in [1.165, 1.54) is 0 Å². The molecule has 1 rings (SSSR count). The van der Waals surface area contributed by atoms with Crippen molar-refractivity contribution < 1.29 is 9.53 Å². The lowest BCUT2D eigenvalue weighted by atomic mass is 10.2. The Kier molecular flexibility index (Phi) is 4.17. The smallest absolute Gasteiger partial charge is 0.411 e. The van der Waals surface area contributed by atoms with E-state index in [4.69, 9.17) is 10.00 Å². The van der Waals surface area contributed by atoms with E-state index in [-0.39, 0.29) is 18.7 Å². The molecule has 0 N–H and O–H groups in total. The lowest BCUT2D eigenvalue weighted by Gasteiger charge is -2.29. The quantitative estimate of drug-likeness (QED) is 0.677. The summed E-state index contributed by atoms with van der Waals surface area (Å²) in [5.74, 6) is 0. The number of hydrogen-bond acceptors (Lipinski definition) is 3. The minimum Gasteiger partial charge on any atom is -0.444 e. The van der Waals surface area contributed by atoms with E-state index in [1.54, 1.807) is 4.90 Å². The van der Waals surface area contributed by atoms with Gasteiger partial charge in [0.25, 0.3) is 0 Å². The van der Waals surface area contributed by atoms with Gasteiger partial charge < -0.3 is 4.74 Å². The molecule has 1 amide bonds. The molecule has 0 atom stereocenters. The van der Waals surface area contributed by atoms with Crippen molar-refractivity contribution >= 4 is 6.09 Å². The molecule has 90 valence electrons. The molecular formula is C12H20N2O2. The molecule has 0 spiro atoms. The first-order valence-corrected chi connectivity index (χ1v) is 5.80. The van der Waals surface area contributed by atoms with Crippen LogP contribution in [0.5, 0.6) is 0 Å². The second-order valence-corrected chi connectivity index (χ2v) is 5.20. The van der Waals surface area contributed by atoms with Crippen LogP contribution < -0.4 is 0 Å². The van der Waals surface area contributed by atoms with E-state index >= 15 is 0 Å². The lowest BCUT2D eigenvalue weighted by Crippen LogP contribution is -2.42. The van der Waals surface area contributed by atoms with Crippen LogP contribution in [-0.4, -0.2) is 29.2 Å². The molecule has 0 unspecified atom stereocenters. The highest BCUT2D eigenvalue weighted by atomic mass is 16.6. The number of ether oxygens (including phenoxy) is 1. The Balaban J connectivity index is 2.62. The summed E-state index contributed by atoms with van der Waals surface area (Å²) >= 11 is 0. The fraction of sp³-hybridized carbons (Fsp3) is 0.833. The monoisotopic (exact) mass is 224 g/mol. The SMILES string of the molecule is CC(C)(C)OC(=O)N(CC#N)C1CCCC1. The molecule has 16 heavy (non-hydrogen) atoms. The Morgan fingerprint density at radius 2 is 2.00 bits per heavy atom. The van der Waals surface area contributed by atoms with Crippen LogP contribution in [0.2, 0.25) is 0 Å². The molecule has 0 aromatic rings. The molecule has 4 heteroatoms. The molecule has 1 saturated carbocycles. The lowest BCUT2D eigenvalue weighted by molar-refractivity contribution is 0.0196. The van der Waals surface area contributed by atoms with E-state index in [0.29, 0.717) is 0 Å². The van der Waals surface area contributed by atoms with Crippen LogP contribution in [0.25, 0.3) is 0 Å². The normalized spacial score (nSPS) is 16.9. The molecule has 0 radical (unpaired) electrons. The second kappa shape index (κ2) is 5.20.